The molecular weight excluding hydrogens is 462 g/mol. The number of aromatic amines is 2. The quantitative estimate of drug-likeness (QED) is 0.303. The summed E-state index contributed by atoms with van der Waals surface area (Å²) in [5.74, 6) is -1.10. The number of benzene rings is 3. The number of H-pyrrole nitrogens is 2. The third kappa shape index (κ3) is 3.75. The number of rotatable bonds is 5. The van der Waals surface area contributed by atoms with Crippen LogP contribution < -0.4 is 21.5 Å². The number of nitrogens with one attached hydrogen (secondary N) is 4. The van der Waals surface area contributed by atoms with Crippen LogP contribution in [0.5, 0.6) is 0 Å². The molecule has 0 aliphatic carbocycles. The Morgan fingerprint density at radius 1 is 0.971 bits per heavy atom. The van der Waals surface area contributed by atoms with Gasteiger partial charge in [0.2, 0.25) is 0 Å². The van der Waals surface area contributed by atoms with E-state index in [0.29, 0.717) is 27.8 Å². The summed E-state index contributed by atoms with van der Waals surface area (Å²) in [5, 5.41) is 2.68. The predicted octanol–water partition coefficient (Wildman–Crippen LogP) is 2.35. The monoisotopic (exact) mass is 479 g/mol. The van der Waals surface area contributed by atoms with E-state index in [-0.39, 0.29) is 16.1 Å². The molecule has 0 atom stereocenters. The molecule has 172 valence electrons. The largest absolute Gasteiger partial charge is 0.419 e. The maximum absolute atomic E-state index is 13.0. The summed E-state index contributed by atoms with van der Waals surface area (Å²) >= 11 is 0. The zero-order valence-electron chi connectivity index (χ0n) is 17.6. The molecule has 2 aromatic heterocycles. The number of sulfonamides is 1. The Labute approximate surface area is 191 Å². The molecule has 1 amide bonds. The number of aryl methyl sites for hydroxylation is 1. The smallest absolute Gasteiger partial charge is 0.408 e. The van der Waals surface area contributed by atoms with E-state index < -0.39 is 27.4 Å². The Morgan fingerprint density at radius 2 is 1.74 bits per heavy atom. The summed E-state index contributed by atoms with van der Waals surface area (Å²) in [4.78, 5) is 41.1. The first-order valence-corrected chi connectivity index (χ1v) is 11.4. The molecule has 0 aliphatic rings. The van der Waals surface area contributed by atoms with Crippen LogP contribution in [0.1, 0.15) is 10.4 Å². The Hall–Kier alpha value is -4.58. The lowest BCUT2D eigenvalue weighted by Crippen LogP contribution is -2.18. The highest BCUT2D eigenvalue weighted by atomic mass is 32.2. The highest BCUT2D eigenvalue weighted by Gasteiger charge is 2.20. The van der Waals surface area contributed by atoms with Crippen LogP contribution in [-0.4, -0.2) is 28.9 Å². The van der Waals surface area contributed by atoms with E-state index in [1.54, 1.807) is 31.3 Å². The van der Waals surface area contributed by atoms with Gasteiger partial charge in [0.1, 0.15) is 0 Å². The van der Waals surface area contributed by atoms with Crippen molar-refractivity contribution in [3.63, 3.8) is 0 Å². The lowest BCUT2D eigenvalue weighted by atomic mass is 10.1. The number of para-hydroxylation sites is 1. The highest BCUT2D eigenvalue weighted by Crippen LogP contribution is 2.24. The molecule has 4 N–H and O–H groups in total. The fourth-order valence-corrected chi connectivity index (χ4v) is 4.67. The van der Waals surface area contributed by atoms with Crippen molar-refractivity contribution >= 4 is 49.4 Å². The summed E-state index contributed by atoms with van der Waals surface area (Å²) in [6.45, 7) is 0. The zero-order chi connectivity index (χ0) is 24.0. The lowest BCUT2D eigenvalue weighted by molar-refractivity contribution is 0.102. The molecule has 2 heterocycles. The SMILES string of the molecule is Cn1c(=O)oc2cc(NC(=O)c3ccccc3NS(=O)(=O)c3ccc4[nH]c(=O)[nH]c4c3)ccc21. The van der Waals surface area contributed by atoms with Crippen molar-refractivity contribution in [2.24, 2.45) is 7.05 Å². The van der Waals surface area contributed by atoms with E-state index in [1.807, 2.05) is 0 Å². The maximum Gasteiger partial charge on any atom is 0.419 e. The Bertz CT molecular complexity index is 1810. The third-order valence-corrected chi connectivity index (χ3v) is 6.63. The number of amides is 1. The number of anilines is 2. The Balaban J connectivity index is 1.43. The van der Waals surface area contributed by atoms with Gasteiger partial charge in [-0.25, -0.2) is 18.0 Å². The van der Waals surface area contributed by atoms with Gasteiger partial charge in [-0.1, -0.05) is 12.1 Å². The van der Waals surface area contributed by atoms with Gasteiger partial charge in [-0.3, -0.25) is 14.1 Å². The normalized spacial score (nSPS) is 11.7. The van der Waals surface area contributed by atoms with E-state index in [9.17, 15) is 22.8 Å². The third-order valence-electron chi connectivity index (χ3n) is 5.26. The van der Waals surface area contributed by atoms with Gasteiger partial charge in [-0.15, -0.1) is 0 Å². The number of hydrogen-bond donors (Lipinski definition) is 4. The lowest BCUT2D eigenvalue weighted by Gasteiger charge is -2.13. The topological polar surface area (TPSA) is 159 Å². The minimum Gasteiger partial charge on any atom is -0.408 e. The number of hydrogen-bond acceptors (Lipinski definition) is 6. The fourth-order valence-electron chi connectivity index (χ4n) is 3.56. The van der Waals surface area contributed by atoms with Crippen LogP contribution in [-0.2, 0) is 17.1 Å². The second kappa shape index (κ2) is 7.78. The van der Waals surface area contributed by atoms with Crippen LogP contribution >= 0.6 is 0 Å². The van der Waals surface area contributed by atoms with Gasteiger partial charge in [-0.2, -0.15) is 0 Å². The van der Waals surface area contributed by atoms with Gasteiger partial charge < -0.3 is 19.7 Å². The Morgan fingerprint density at radius 3 is 2.56 bits per heavy atom. The van der Waals surface area contributed by atoms with E-state index in [1.165, 1.54) is 41.0 Å². The average Bonchev–Trinajstić information content (AvgIpc) is 3.31. The van der Waals surface area contributed by atoms with Crippen LogP contribution in [0.2, 0.25) is 0 Å². The molecule has 0 unspecified atom stereocenters. The van der Waals surface area contributed by atoms with Gasteiger partial charge in [0, 0.05) is 18.8 Å². The molecule has 0 aliphatic heterocycles. The van der Waals surface area contributed by atoms with E-state index in [0.717, 1.165) is 0 Å². The standard InChI is InChI=1S/C22H17N5O6S/c1-27-18-9-6-12(10-19(18)33-22(27)30)23-20(28)14-4-2-3-5-15(14)26-34(31,32)13-7-8-16-17(11-13)25-21(29)24-16/h2-11,26H,1H3,(H,23,28)(H2,24,25,29). The Kier molecular flexibility index (Phi) is 4.87. The van der Waals surface area contributed by atoms with E-state index >= 15 is 0 Å². The summed E-state index contributed by atoms with van der Waals surface area (Å²) < 4.78 is 34.9. The van der Waals surface area contributed by atoms with Crippen molar-refractivity contribution in [2.75, 3.05) is 10.0 Å². The fraction of sp³-hybridized carbons (Fsp3) is 0.0455. The van der Waals surface area contributed by atoms with Crippen molar-refractivity contribution in [1.82, 2.24) is 14.5 Å². The number of aromatic nitrogens is 3. The molecule has 0 fully saturated rings. The van der Waals surface area contributed by atoms with Crippen molar-refractivity contribution in [2.45, 2.75) is 4.90 Å². The number of imidazole rings is 1. The minimum atomic E-state index is -4.07. The van der Waals surface area contributed by atoms with Crippen molar-refractivity contribution in [3.8, 4) is 0 Å². The van der Waals surface area contributed by atoms with E-state index in [4.69, 9.17) is 4.42 Å². The molecule has 0 saturated heterocycles. The van der Waals surface area contributed by atoms with Gasteiger partial charge in [0.15, 0.2) is 5.58 Å². The molecule has 5 rings (SSSR count). The summed E-state index contributed by atoms with van der Waals surface area (Å²) in [5.41, 5.74) is 1.73. The average molecular weight is 479 g/mol. The molecule has 11 nitrogen and oxygen atoms in total. The molecule has 12 heteroatoms. The molecule has 0 radical (unpaired) electrons. The van der Waals surface area contributed by atoms with Crippen LogP contribution in [0, 0.1) is 0 Å². The summed E-state index contributed by atoms with van der Waals surface area (Å²) in [6.07, 6.45) is 0. The number of nitrogens with zero attached hydrogens (tertiary/aromatic N) is 1. The first-order valence-electron chi connectivity index (χ1n) is 9.96. The molecule has 0 bridgehead atoms. The predicted molar refractivity (Wildman–Crippen MR) is 126 cm³/mol. The molecule has 3 aromatic carbocycles. The van der Waals surface area contributed by atoms with Crippen molar-refractivity contribution in [1.29, 1.82) is 0 Å². The molecule has 0 saturated carbocycles. The van der Waals surface area contributed by atoms with Crippen LogP contribution in [0.15, 0.2) is 79.6 Å². The van der Waals surface area contributed by atoms with Gasteiger partial charge in [-0.05, 0) is 42.5 Å². The van der Waals surface area contributed by atoms with Gasteiger partial charge >= 0.3 is 11.4 Å². The molecular formula is C22H17N5O6S. The second-order valence-corrected chi connectivity index (χ2v) is 9.18. The number of fused-ring (bicyclic) bond motifs is 2. The van der Waals surface area contributed by atoms with Crippen molar-refractivity contribution < 1.29 is 17.6 Å². The zero-order valence-corrected chi connectivity index (χ0v) is 18.4. The molecule has 34 heavy (non-hydrogen) atoms. The van der Waals surface area contributed by atoms with Crippen LogP contribution in [0.3, 0.4) is 0 Å². The number of carbonyl (C=O) groups is 1. The van der Waals surface area contributed by atoms with Gasteiger partial charge in [0.25, 0.3) is 15.9 Å². The summed E-state index contributed by atoms with van der Waals surface area (Å²) in [7, 11) is -2.50. The van der Waals surface area contributed by atoms with E-state index in [2.05, 4.69) is 20.0 Å². The van der Waals surface area contributed by atoms with Crippen LogP contribution in [0.25, 0.3) is 22.1 Å². The first kappa shape index (κ1) is 21.3. The maximum atomic E-state index is 13.0. The highest BCUT2D eigenvalue weighted by molar-refractivity contribution is 7.92. The van der Waals surface area contributed by atoms with Crippen molar-refractivity contribution in [3.05, 3.63) is 87.3 Å². The number of oxazole rings is 1. The molecule has 5 aromatic rings. The summed E-state index contributed by atoms with van der Waals surface area (Å²) in [6, 6.07) is 15.0. The number of carbonyl (C=O) groups excluding carboxylic acids is 1. The second-order valence-electron chi connectivity index (χ2n) is 7.50. The minimum absolute atomic E-state index is 0.0648. The van der Waals surface area contributed by atoms with Gasteiger partial charge in [0.05, 0.1) is 32.7 Å². The molecule has 0 spiro atoms. The van der Waals surface area contributed by atoms with Crippen LogP contribution in [0.4, 0.5) is 11.4 Å². The first-order chi connectivity index (χ1) is 16.2.